The van der Waals surface area contributed by atoms with Crippen molar-refractivity contribution in [3.8, 4) is 5.75 Å². The van der Waals surface area contributed by atoms with E-state index in [-0.39, 0.29) is 12.2 Å². The van der Waals surface area contributed by atoms with Gasteiger partial charge in [-0.1, -0.05) is 6.07 Å². The van der Waals surface area contributed by atoms with Crippen LogP contribution in [0, 0.1) is 11.7 Å². The van der Waals surface area contributed by atoms with E-state index in [2.05, 4.69) is 5.32 Å². The highest BCUT2D eigenvalue weighted by atomic mass is 19.4. The minimum Gasteiger partial charge on any atom is -0.494 e. The van der Waals surface area contributed by atoms with Gasteiger partial charge in [-0.15, -0.1) is 0 Å². The SMILES string of the molecule is COc1ccc(C2NCCCC2C(F)(F)F)cc1F. The Balaban J connectivity index is 2.30. The van der Waals surface area contributed by atoms with Crippen LogP contribution in [0.1, 0.15) is 24.4 Å². The Labute approximate surface area is 108 Å². The molecule has 1 aromatic rings. The summed E-state index contributed by atoms with van der Waals surface area (Å²) in [5.74, 6) is -2.09. The fourth-order valence-electron chi connectivity index (χ4n) is 2.47. The molecule has 19 heavy (non-hydrogen) atoms. The van der Waals surface area contributed by atoms with Gasteiger partial charge in [0.25, 0.3) is 0 Å². The molecule has 2 unspecified atom stereocenters. The van der Waals surface area contributed by atoms with Crippen LogP contribution in [0.25, 0.3) is 0 Å². The molecule has 1 aliphatic rings. The quantitative estimate of drug-likeness (QED) is 0.836. The van der Waals surface area contributed by atoms with Crippen molar-refractivity contribution in [1.82, 2.24) is 5.32 Å². The summed E-state index contributed by atoms with van der Waals surface area (Å²) in [7, 11) is 1.31. The topological polar surface area (TPSA) is 21.3 Å². The summed E-state index contributed by atoms with van der Waals surface area (Å²) in [6.45, 7) is 0.505. The third-order valence-electron chi connectivity index (χ3n) is 3.41. The summed E-state index contributed by atoms with van der Waals surface area (Å²) in [6, 6.07) is 3.05. The van der Waals surface area contributed by atoms with Crippen molar-refractivity contribution in [2.45, 2.75) is 25.1 Å². The van der Waals surface area contributed by atoms with E-state index in [1.54, 1.807) is 0 Å². The highest BCUT2D eigenvalue weighted by molar-refractivity contribution is 5.31. The lowest BCUT2D eigenvalue weighted by Crippen LogP contribution is -2.41. The average Bonchev–Trinajstić information content (AvgIpc) is 2.37. The monoisotopic (exact) mass is 277 g/mol. The maximum Gasteiger partial charge on any atom is 0.393 e. The number of benzene rings is 1. The van der Waals surface area contributed by atoms with Gasteiger partial charge in [0.1, 0.15) is 0 Å². The van der Waals surface area contributed by atoms with Crippen LogP contribution in [-0.2, 0) is 0 Å². The Morgan fingerprint density at radius 2 is 2.05 bits per heavy atom. The maximum atomic E-state index is 13.6. The fraction of sp³-hybridized carbons (Fsp3) is 0.538. The molecular formula is C13H15F4NO. The minimum atomic E-state index is -4.28. The van der Waals surface area contributed by atoms with Gasteiger partial charge in [0.2, 0.25) is 0 Å². The second-order valence-electron chi connectivity index (χ2n) is 4.62. The lowest BCUT2D eigenvalue weighted by molar-refractivity contribution is -0.189. The van der Waals surface area contributed by atoms with Gasteiger partial charge in [-0.25, -0.2) is 4.39 Å². The molecule has 1 N–H and O–H groups in total. The molecule has 2 nitrogen and oxygen atoms in total. The van der Waals surface area contributed by atoms with Crippen LogP contribution < -0.4 is 10.1 Å². The van der Waals surface area contributed by atoms with Crippen LogP contribution in [0.5, 0.6) is 5.75 Å². The molecule has 0 bridgehead atoms. The highest BCUT2D eigenvalue weighted by Gasteiger charge is 2.46. The zero-order chi connectivity index (χ0) is 14.0. The zero-order valence-corrected chi connectivity index (χ0v) is 10.4. The van der Waals surface area contributed by atoms with Gasteiger partial charge in [0, 0.05) is 6.04 Å². The number of nitrogens with one attached hydrogen (secondary N) is 1. The first-order valence-electron chi connectivity index (χ1n) is 6.07. The molecule has 1 aliphatic heterocycles. The number of hydrogen-bond donors (Lipinski definition) is 1. The first-order valence-corrected chi connectivity index (χ1v) is 6.07. The largest absolute Gasteiger partial charge is 0.494 e. The van der Waals surface area contributed by atoms with E-state index < -0.39 is 24.0 Å². The molecule has 2 atom stereocenters. The van der Waals surface area contributed by atoms with Crippen molar-refractivity contribution in [2.24, 2.45) is 5.92 Å². The van der Waals surface area contributed by atoms with Crippen LogP contribution in [0.4, 0.5) is 17.6 Å². The second-order valence-corrected chi connectivity index (χ2v) is 4.62. The van der Waals surface area contributed by atoms with E-state index in [0.717, 1.165) is 6.07 Å². The molecule has 0 aromatic heterocycles. The van der Waals surface area contributed by atoms with Crippen LogP contribution in [0.15, 0.2) is 18.2 Å². The van der Waals surface area contributed by atoms with Crippen molar-refractivity contribution in [2.75, 3.05) is 13.7 Å². The lowest BCUT2D eigenvalue weighted by atomic mass is 9.85. The summed E-state index contributed by atoms with van der Waals surface area (Å²) in [5.41, 5.74) is 0.306. The fourth-order valence-corrected chi connectivity index (χ4v) is 2.47. The molecule has 0 radical (unpaired) electrons. The van der Waals surface area contributed by atoms with E-state index in [1.807, 2.05) is 0 Å². The summed E-state index contributed by atoms with van der Waals surface area (Å²) in [6.07, 6.45) is -3.75. The summed E-state index contributed by atoms with van der Waals surface area (Å²) < 4.78 is 57.3. The summed E-state index contributed by atoms with van der Waals surface area (Å²) >= 11 is 0. The summed E-state index contributed by atoms with van der Waals surface area (Å²) in [4.78, 5) is 0. The van der Waals surface area contributed by atoms with Gasteiger partial charge >= 0.3 is 6.18 Å². The van der Waals surface area contributed by atoms with Crippen molar-refractivity contribution < 1.29 is 22.3 Å². The Hall–Kier alpha value is -1.30. The van der Waals surface area contributed by atoms with Crippen molar-refractivity contribution in [3.05, 3.63) is 29.6 Å². The number of hydrogen-bond acceptors (Lipinski definition) is 2. The Morgan fingerprint density at radius 1 is 1.32 bits per heavy atom. The molecule has 0 saturated carbocycles. The van der Waals surface area contributed by atoms with E-state index >= 15 is 0 Å². The van der Waals surface area contributed by atoms with Crippen LogP contribution >= 0.6 is 0 Å². The molecule has 0 aliphatic carbocycles. The zero-order valence-electron chi connectivity index (χ0n) is 10.4. The van der Waals surface area contributed by atoms with Crippen LogP contribution in [-0.4, -0.2) is 19.8 Å². The first kappa shape index (κ1) is 14.1. The standard InChI is InChI=1S/C13H15F4NO/c1-19-11-5-4-8(7-10(11)14)12-9(13(15,16)17)3-2-6-18-12/h4-5,7,9,12,18H,2-3,6H2,1H3. The normalized spacial score (nSPS) is 24.3. The van der Waals surface area contributed by atoms with Crippen LogP contribution in [0.2, 0.25) is 0 Å². The lowest BCUT2D eigenvalue weighted by Gasteiger charge is -2.34. The Morgan fingerprint density at radius 3 is 2.63 bits per heavy atom. The van der Waals surface area contributed by atoms with E-state index in [4.69, 9.17) is 4.74 Å². The second kappa shape index (κ2) is 5.36. The van der Waals surface area contributed by atoms with Crippen molar-refractivity contribution >= 4 is 0 Å². The van der Waals surface area contributed by atoms with Gasteiger partial charge < -0.3 is 10.1 Å². The number of halogens is 4. The first-order chi connectivity index (χ1) is 8.93. The molecule has 1 saturated heterocycles. The van der Waals surface area contributed by atoms with Crippen molar-refractivity contribution in [3.63, 3.8) is 0 Å². The number of methoxy groups -OCH3 is 1. The molecule has 6 heteroatoms. The van der Waals surface area contributed by atoms with Crippen LogP contribution in [0.3, 0.4) is 0 Å². The molecular weight excluding hydrogens is 262 g/mol. The summed E-state index contributed by atoms with van der Waals surface area (Å²) in [5, 5.41) is 2.83. The van der Waals surface area contributed by atoms with Gasteiger partial charge in [-0.3, -0.25) is 0 Å². The number of piperidine rings is 1. The Bertz CT molecular complexity index is 447. The van der Waals surface area contributed by atoms with E-state index in [0.29, 0.717) is 18.5 Å². The molecule has 1 heterocycles. The minimum absolute atomic E-state index is 0.0307. The average molecular weight is 277 g/mol. The van der Waals surface area contributed by atoms with E-state index in [1.165, 1.54) is 19.2 Å². The predicted octanol–water partition coefficient (Wildman–Crippen LogP) is 3.44. The smallest absolute Gasteiger partial charge is 0.393 e. The van der Waals surface area contributed by atoms with Gasteiger partial charge in [-0.05, 0) is 37.1 Å². The molecule has 0 spiro atoms. The third-order valence-corrected chi connectivity index (χ3v) is 3.41. The molecule has 106 valence electrons. The number of ether oxygens (including phenoxy) is 1. The van der Waals surface area contributed by atoms with E-state index in [9.17, 15) is 17.6 Å². The Kier molecular flexibility index (Phi) is 3.99. The number of alkyl halides is 3. The molecule has 2 rings (SSSR count). The highest BCUT2D eigenvalue weighted by Crippen LogP contribution is 2.41. The predicted molar refractivity (Wildman–Crippen MR) is 62.5 cm³/mol. The van der Waals surface area contributed by atoms with Gasteiger partial charge in [0.05, 0.1) is 13.0 Å². The van der Waals surface area contributed by atoms with Gasteiger partial charge in [0.15, 0.2) is 11.6 Å². The number of rotatable bonds is 2. The van der Waals surface area contributed by atoms with Crippen molar-refractivity contribution in [1.29, 1.82) is 0 Å². The maximum absolute atomic E-state index is 13.6. The van der Waals surface area contributed by atoms with Gasteiger partial charge in [-0.2, -0.15) is 13.2 Å². The molecule has 1 fully saturated rings. The molecule has 1 aromatic carbocycles. The third kappa shape index (κ3) is 3.00. The molecule has 0 amide bonds.